The fraction of sp³-hybridized carbons (Fsp3) is 0.133. The third kappa shape index (κ3) is 4.65. The second kappa shape index (κ2) is 7.14. The zero-order valence-electron chi connectivity index (χ0n) is 12.5. The number of rotatable bonds is 5. The maximum Gasteiger partial charge on any atom is 0.245 e. The first-order chi connectivity index (χ1) is 11.2. The highest BCUT2D eigenvalue weighted by Gasteiger charge is 2.24. The molecule has 9 heteroatoms. The van der Waals surface area contributed by atoms with E-state index >= 15 is 0 Å². The molecule has 1 N–H and O–H groups in total. The molecule has 128 valence electrons. The van der Waals surface area contributed by atoms with Crippen LogP contribution < -0.4 is 9.62 Å². The molecule has 0 aliphatic carbocycles. The van der Waals surface area contributed by atoms with Gasteiger partial charge in [0.15, 0.2) is 0 Å². The van der Waals surface area contributed by atoms with Gasteiger partial charge in [-0.05, 0) is 36.4 Å². The van der Waals surface area contributed by atoms with E-state index in [-0.39, 0.29) is 0 Å². The van der Waals surface area contributed by atoms with Crippen LogP contribution in [0.1, 0.15) is 0 Å². The van der Waals surface area contributed by atoms with Crippen LogP contribution in [0.25, 0.3) is 0 Å². The average Bonchev–Trinajstić information content (AvgIpc) is 2.47. The lowest BCUT2D eigenvalue weighted by Crippen LogP contribution is -2.38. The van der Waals surface area contributed by atoms with Crippen molar-refractivity contribution in [1.29, 1.82) is 0 Å². The molecule has 0 spiro atoms. The smallest absolute Gasteiger partial charge is 0.245 e. The predicted octanol–water partition coefficient (Wildman–Crippen LogP) is 3.02. The first kappa shape index (κ1) is 18.2. The summed E-state index contributed by atoms with van der Waals surface area (Å²) in [6.07, 6.45) is 0.825. The van der Waals surface area contributed by atoms with Crippen LogP contribution in [0.5, 0.6) is 0 Å². The molecule has 2 aromatic rings. The molecule has 5 nitrogen and oxygen atoms in total. The number of sulfonamides is 1. The van der Waals surface area contributed by atoms with E-state index in [1.807, 2.05) is 0 Å². The number of amides is 1. The van der Waals surface area contributed by atoms with E-state index in [0.717, 1.165) is 18.4 Å². The summed E-state index contributed by atoms with van der Waals surface area (Å²) >= 11 is 5.73. The molecule has 0 fully saturated rings. The van der Waals surface area contributed by atoms with Crippen molar-refractivity contribution in [1.82, 2.24) is 0 Å². The van der Waals surface area contributed by atoms with Gasteiger partial charge in [0.25, 0.3) is 0 Å². The van der Waals surface area contributed by atoms with Gasteiger partial charge in [-0.3, -0.25) is 9.10 Å². The van der Waals surface area contributed by atoms with Crippen LogP contribution in [0.2, 0.25) is 5.02 Å². The van der Waals surface area contributed by atoms with E-state index in [9.17, 15) is 22.0 Å². The molecule has 0 unspecified atom stereocenters. The van der Waals surface area contributed by atoms with Gasteiger partial charge in [0.1, 0.15) is 18.2 Å². The summed E-state index contributed by atoms with van der Waals surface area (Å²) in [6.45, 7) is -0.663. The normalized spacial score (nSPS) is 11.2. The highest BCUT2D eigenvalue weighted by Crippen LogP contribution is 2.22. The molecule has 0 aliphatic heterocycles. The third-order valence-corrected chi connectivity index (χ3v) is 4.37. The van der Waals surface area contributed by atoms with Gasteiger partial charge in [-0.15, -0.1) is 0 Å². The Morgan fingerprint density at radius 2 is 1.79 bits per heavy atom. The van der Waals surface area contributed by atoms with Gasteiger partial charge in [0.05, 0.1) is 11.9 Å². The number of benzene rings is 2. The van der Waals surface area contributed by atoms with Crippen LogP contribution in [0, 0.1) is 11.6 Å². The topological polar surface area (TPSA) is 66.5 Å². The molecule has 2 rings (SSSR count). The van der Waals surface area contributed by atoms with Crippen LogP contribution in [0.15, 0.2) is 42.5 Å². The lowest BCUT2D eigenvalue weighted by atomic mass is 10.3. The van der Waals surface area contributed by atoms with Crippen LogP contribution in [-0.4, -0.2) is 27.1 Å². The molecule has 0 aromatic heterocycles. The third-order valence-electron chi connectivity index (χ3n) is 2.99. The SMILES string of the molecule is CS(=O)(=O)N(CC(=O)Nc1ccc(Cl)cc1)c1ccc(F)cc1F. The minimum Gasteiger partial charge on any atom is -0.325 e. The molecule has 0 heterocycles. The van der Waals surface area contributed by atoms with Crippen LogP contribution in [0.3, 0.4) is 0 Å². The first-order valence-electron chi connectivity index (χ1n) is 6.65. The Labute approximate surface area is 142 Å². The number of halogens is 3. The minimum atomic E-state index is -3.96. The number of hydrogen-bond donors (Lipinski definition) is 1. The van der Waals surface area contributed by atoms with E-state index < -0.39 is 39.8 Å². The van der Waals surface area contributed by atoms with Crippen LogP contribution >= 0.6 is 11.6 Å². The Balaban J connectivity index is 2.23. The fourth-order valence-electron chi connectivity index (χ4n) is 1.93. The van der Waals surface area contributed by atoms with Gasteiger partial charge in [0, 0.05) is 16.8 Å². The zero-order valence-corrected chi connectivity index (χ0v) is 14.0. The molecular weight excluding hydrogens is 362 g/mol. The Hall–Kier alpha value is -2.19. The van der Waals surface area contributed by atoms with Gasteiger partial charge in [-0.25, -0.2) is 17.2 Å². The van der Waals surface area contributed by atoms with E-state index in [1.54, 1.807) is 12.1 Å². The van der Waals surface area contributed by atoms with Crippen molar-refractivity contribution >= 4 is 38.9 Å². The van der Waals surface area contributed by atoms with Crippen LogP contribution in [0.4, 0.5) is 20.2 Å². The molecule has 0 aliphatic rings. The number of nitrogens with zero attached hydrogens (tertiary/aromatic N) is 1. The van der Waals surface area contributed by atoms with Crippen molar-refractivity contribution in [3.63, 3.8) is 0 Å². The molecule has 0 saturated carbocycles. The van der Waals surface area contributed by atoms with Gasteiger partial charge < -0.3 is 5.32 Å². The first-order valence-corrected chi connectivity index (χ1v) is 8.87. The van der Waals surface area contributed by atoms with Crippen molar-refractivity contribution in [3.8, 4) is 0 Å². The predicted molar refractivity (Wildman–Crippen MR) is 88.6 cm³/mol. The van der Waals surface area contributed by atoms with E-state index in [0.29, 0.717) is 21.1 Å². The molecule has 0 saturated heterocycles. The Kier molecular flexibility index (Phi) is 5.40. The Morgan fingerprint density at radius 1 is 1.17 bits per heavy atom. The fourth-order valence-corrected chi connectivity index (χ4v) is 2.91. The quantitative estimate of drug-likeness (QED) is 0.874. The molecule has 2 aromatic carbocycles. The Morgan fingerprint density at radius 3 is 2.33 bits per heavy atom. The Bertz CT molecular complexity index is 858. The maximum atomic E-state index is 13.9. The zero-order chi connectivity index (χ0) is 17.9. The number of anilines is 2. The van der Waals surface area contributed by atoms with E-state index in [1.165, 1.54) is 12.1 Å². The van der Waals surface area contributed by atoms with Gasteiger partial charge in [0.2, 0.25) is 15.9 Å². The van der Waals surface area contributed by atoms with Crippen molar-refractivity contribution in [2.45, 2.75) is 0 Å². The van der Waals surface area contributed by atoms with Crippen molar-refractivity contribution in [3.05, 3.63) is 59.1 Å². The summed E-state index contributed by atoms with van der Waals surface area (Å²) in [5.74, 6) is -2.62. The molecule has 24 heavy (non-hydrogen) atoms. The highest BCUT2D eigenvalue weighted by molar-refractivity contribution is 7.92. The van der Waals surface area contributed by atoms with Gasteiger partial charge in [-0.2, -0.15) is 0 Å². The second-order valence-corrected chi connectivity index (χ2v) is 7.26. The monoisotopic (exact) mass is 374 g/mol. The summed E-state index contributed by atoms with van der Waals surface area (Å²) < 4.78 is 51.2. The summed E-state index contributed by atoms with van der Waals surface area (Å²) in [6, 6.07) is 8.57. The maximum absolute atomic E-state index is 13.9. The van der Waals surface area contributed by atoms with Crippen molar-refractivity contribution in [2.24, 2.45) is 0 Å². The molecule has 0 radical (unpaired) electrons. The van der Waals surface area contributed by atoms with Crippen molar-refractivity contribution in [2.75, 3.05) is 22.4 Å². The van der Waals surface area contributed by atoms with E-state index in [4.69, 9.17) is 11.6 Å². The molecule has 0 atom stereocenters. The second-order valence-electron chi connectivity index (χ2n) is 4.92. The average molecular weight is 375 g/mol. The molecule has 0 bridgehead atoms. The number of carbonyl (C=O) groups is 1. The van der Waals surface area contributed by atoms with Gasteiger partial charge >= 0.3 is 0 Å². The summed E-state index contributed by atoms with van der Waals surface area (Å²) in [5, 5.41) is 2.94. The lowest BCUT2D eigenvalue weighted by molar-refractivity contribution is -0.114. The number of hydrogen-bond acceptors (Lipinski definition) is 3. The molecular formula is C15H13ClF2N2O3S. The number of carbonyl (C=O) groups excluding carboxylic acids is 1. The van der Waals surface area contributed by atoms with E-state index in [2.05, 4.69) is 5.32 Å². The van der Waals surface area contributed by atoms with Crippen LogP contribution in [-0.2, 0) is 14.8 Å². The summed E-state index contributed by atoms with van der Waals surface area (Å²) in [4.78, 5) is 12.1. The molecule has 1 amide bonds. The van der Waals surface area contributed by atoms with Crippen molar-refractivity contribution < 1.29 is 22.0 Å². The summed E-state index contributed by atoms with van der Waals surface area (Å²) in [7, 11) is -3.96. The lowest BCUT2D eigenvalue weighted by Gasteiger charge is -2.22. The van der Waals surface area contributed by atoms with Gasteiger partial charge in [-0.1, -0.05) is 11.6 Å². The standard InChI is InChI=1S/C15H13ClF2N2O3S/c1-24(22,23)20(14-7-4-11(17)8-13(14)18)9-15(21)19-12-5-2-10(16)3-6-12/h2-8H,9H2,1H3,(H,19,21). The highest BCUT2D eigenvalue weighted by atomic mass is 35.5. The summed E-state index contributed by atoms with van der Waals surface area (Å²) in [5.41, 5.74) is -0.0115. The number of nitrogens with one attached hydrogen (secondary N) is 1. The largest absolute Gasteiger partial charge is 0.325 e. The minimum absolute atomic E-state index is 0.400.